The largest absolute Gasteiger partial charge is 0.342 e. The summed E-state index contributed by atoms with van der Waals surface area (Å²) in [6.45, 7) is 5.25. The van der Waals surface area contributed by atoms with E-state index in [-0.39, 0.29) is 0 Å². The molecule has 0 aliphatic rings. The highest BCUT2D eigenvalue weighted by Crippen LogP contribution is 2.26. The number of rotatable bonds is 6. The van der Waals surface area contributed by atoms with E-state index >= 15 is 0 Å². The smallest absolute Gasteiger partial charge is 0.295 e. The second kappa shape index (κ2) is 8.15. The van der Waals surface area contributed by atoms with Gasteiger partial charge in [0.05, 0.1) is 15.6 Å². The highest BCUT2D eigenvalue weighted by atomic mass is 35.5. The number of aromatic nitrogens is 1. The van der Waals surface area contributed by atoms with Gasteiger partial charge in [0.15, 0.2) is 0 Å². The van der Waals surface area contributed by atoms with Gasteiger partial charge in [0.1, 0.15) is 0 Å². The third-order valence-electron chi connectivity index (χ3n) is 4.62. The Morgan fingerprint density at radius 3 is 2.37 bits per heavy atom. The lowest BCUT2D eigenvalue weighted by molar-refractivity contribution is -0.126. The average molecular weight is 403 g/mol. The van der Waals surface area contributed by atoms with Crippen molar-refractivity contribution in [3.05, 3.63) is 69.8 Å². The molecule has 3 rings (SSSR count). The van der Waals surface area contributed by atoms with Gasteiger partial charge >= 0.3 is 0 Å². The predicted octanol–water partition coefficient (Wildman–Crippen LogP) is 5.05. The van der Waals surface area contributed by atoms with Gasteiger partial charge in [-0.2, -0.15) is 0 Å². The van der Waals surface area contributed by atoms with Crippen molar-refractivity contribution >= 4 is 45.8 Å². The molecule has 0 bridgehead atoms. The van der Waals surface area contributed by atoms with Gasteiger partial charge in [-0.05, 0) is 37.6 Å². The minimum Gasteiger partial charge on any atom is -0.342 e. The van der Waals surface area contributed by atoms with E-state index in [1.54, 1.807) is 18.3 Å². The molecular weight excluding hydrogens is 383 g/mol. The molecule has 0 fully saturated rings. The van der Waals surface area contributed by atoms with Gasteiger partial charge in [0.2, 0.25) is 0 Å². The van der Waals surface area contributed by atoms with Crippen molar-refractivity contribution < 1.29 is 9.59 Å². The Hall–Kier alpha value is -2.30. The number of fused-ring (bicyclic) bond motifs is 1. The van der Waals surface area contributed by atoms with Crippen molar-refractivity contribution in [3.63, 3.8) is 0 Å². The summed E-state index contributed by atoms with van der Waals surface area (Å²) in [5, 5.41) is 1.75. The fourth-order valence-corrected chi connectivity index (χ4v) is 3.48. The molecule has 140 valence electrons. The van der Waals surface area contributed by atoms with Crippen molar-refractivity contribution in [2.24, 2.45) is 0 Å². The summed E-state index contributed by atoms with van der Waals surface area (Å²) in [6.07, 6.45) is 1.75. The molecule has 4 nitrogen and oxygen atoms in total. The first-order chi connectivity index (χ1) is 13.0. The van der Waals surface area contributed by atoms with Crippen LogP contribution in [-0.4, -0.2) is 34.2 Å². The predicted molar refractivity (Wildman–Crippen MR) is 110 cm³/mol. The maximum Gasteiger partial charge on any atom is 0.295 e. The number of hydrogen-bond donors (Lipinski definition) is 0. The van der Waals surface area contributed by atoms with E-state index in [4.69, 9.17) is 23.2 Å². The van der Waals surface area contributed by atoms with Crippen LogP contribution in [0.15, 0.2) is 48.7 Å². The van der Waals surface area contributed by atoms with E-state index in [9.17, 15) is 9.59 Å². The van der Waals surface area contributed by atoms with Crippen LogP contribution in [0.1, 0.15) is 29.8 Å². The Morgan fingerprint density at radius 2 is 1.70 bits per heavy atom. The van der Waals surface area contributed by atoms with Gasteiger partial charge in [0, 0.05) is 36.7 Å². The summed E-state index contributed by atoms with van der Waals surface area (Å²) in [5.41, 5.74) is 2.26. The number of amides is 1. The van der Waals surface area contributed by atoms with Crippen molar-refractivity contribution in [3.8, 4) is 0 Å². The van der Waals surface area contributed by atoms with Crippen molar-refractivity contribution in [1.29, 1.82) is 0 Å². The van der Waals surface area contributed by atoms with Crippen molar-refractivity contribution in [2.75, 3.05) is 13.1 Å². The Bertz CT molecular complexity index is 1010. The Morgan fingerprint density at radius 1 is 1.00 bits per heavy atom. The molecular formula is C21H20Cl2N2O2. The zero-order valence-electron chi connectivity index (χ0n) is 15.2. The number of carbonyl (C=O) groups excluding carboxylic acids is 2. The van der Waals surface area contributed by atoms with Crippen molar-refractivity contribution in [2.45, 2.75) is 20.4 Å². The first-order valence-electron chi connectivity index (χ1n) is 8.81. The normalized spacial score (nSPS) is 11.0. The summed E-state index contributed by atoms with van der Waals surface area (Å²) in [5.74, 6) is -0.958. The molecule has 1 amide bonds. The van der Waals surface area contributed by atoms with Crippen LogP contribution >= 0.6 is 23.2 Å². The maximum absolute atomic E-state index is 12.8. The topological polar surface area (TPSA) is 42.3 Å². The van der Waals surface area contributed by atoms with E-state index in [0.29, 0.717) is 35.2 Å². The summed E-state index contributed by atoms with van der Waals surface area (Å²) in [4.78, 5) is 26.9. The first-order valence-corrected chi connectivity index (χ1v) is 9.57. The minimum absolute atomic E-state index is 0.419. The molecule has 0 unspecified atom stereocenters. The molecule has 1 aromatic heterocycles. The summed E-state index contributed by atoms with van der Waals surface area (Å²) < 4.78 is 1.96. The highest BCUT2D eigenvalue weighted by molar-refractivity contribution is 6.45. The lowest BCUT2D eigenvalue weighted by atomic mass is 10.1. The van der Waals surface area contributed by atoms with Gasteiger partial charge in [-0.1, -0.05) is 47.5 Å². The second-order valence-corrected chi connectivity index (χ2v) is 7.06. The Kier molecular flexibility index (Phi) is 5.88. The molecule has 0 radical (unpaired) electrons. The third kappa shape index (κ3) is 3.87. The number of halogens is 2. The van der Waals surface area contributed by atoms with E-state index < -0.39 is 11.7 Å². The zero-order valence-corrected chi connectivity index (χ0v) is 16.7. The second-order valence-electron chi connectivity index (χ2n) is 6.24. The molecule has 0 N–H and O–H groups in total. The van der Waals surface area contributed by atoms with Crippen LogP contribution in [-0.2, 0) is 11.3 Å². The minimum atomic E-state index is -0.484. The molecule has 1 heterocycles. The third-order valence-corrected chi connectivity index (χ3v) is 5.35. The number of likely N-dealkylation sites (N-methyl/N-ethyl adjacent to an activating group) is 1. The van der Waals surface area contributed by atoms with Crippen molar-refractivity contribution in [1.82, 2.24) is 9.47 Å². The van der Waals surface area contributed by atoms with Crippen LogP contribution in [0.25, 0.3) is 10.9 Å². The average Bonchev–Trinajstić information content (AvgIpc) is 3.03. The summed E-state index contributed by atoms with van der Waals surface area (Å²) >= 11 is 12.1. The van der Waals surface area contributed by atoms with E-state index in [1.807, 2.05) is 48.7 Å². The molecule has 0 saturated heterocycles. The fraction of sp³-hybridized carbons (Fsp3) is 0.238. The standard InChI is InChI=1S/C21H20Cl2N2O2/c1-3-24(4-2)21(27)20(26)16-13-25(19-8-6-5-7-15(16)19)12-14-9-10-17(22)18(23)11-14/h5-11,13H,3-4,12H2,1-2H3. The maximum atomic E-state index is 12.8. The number of hydrogen-bond acceptors (Lipinski definition) is 2. The lowest BCUT2D eigenvalue weighted by Crippen LogP contribution is -2.36. The lowest BCUT2D eigenvalue weighted by Gasteiger charge is -2.17. The number of para-hydroxylation sites is 1. The van der Waals surface area contributed by atoms with E-state index in [2.05, 4.69) is 0 Å². The van der Waals surface area contributed by atoms with Crippen LogP contribution in [0.3, 0.4) is 0 Å². The molecule has 0 atom stereocenters. The van der Waals surface area contributed by atoms with E-state index in [1.165, 1.54) is 4.90 Å². The SMILES string of the molecule is CCN(CC)C(=O)C(=O)c1cn(Cc2ccc(Cl)c(Cl)c2)c2ccccc12. The molecule has 27 heavy (non-hydrogen) atoms. The zero-order chi connectivity index (χ0) is 19.6. The number of Topliss-reactive ketones (excluding diaryl/α,β-unsaturated/α-hetero) is 1. The van der Waals surface area contributed by atoms with Gasteiger partial charge in [-0.15, -0.1) is 0 Å². The fourth-order valence-electron chi connectivity index (χ4n) is 3.16. The summed E-state index contributed by atoms with van der Waals surface area (Å²) in [7, 11) is 0. The number of nitrogens with zero attached hydrogens (tertiary/aromatic N) is 2. The monoisotopic (exact) mass is 402 g/mol. The van der Waals surface area contributed by atoms with Crippen LogP contribution in [0.5, 0.6) is 0 Å². The molecule has 0 aliphatic carbocycles. The summed E-state index contributed by atoms with van der Waals surface area (Å²) in [6, 6.07) is 13.0. The van der Waals surface area contributed by atoms with Gasteiger partial charge in [-0.25, -0.2) is 0 Å². The van der Waals surface area contributed by atoms with Gasteiger partial charge < -0.3 is 9.47 Å². The molecule has 0 spiro atoms. The molecule has 3 aromatic rings. The quantitative estimate of drug-likeness (QED) is 0.427. The van der Waals surface area contributed by atoms with E-state index in [0.717, 1.165) is 16.5 Å². The van der Waals surface area contributed by atoms with Crippen LogP contribution in [0.4, 0.5) is 0 Å². The number of ketones is 1. The molecule has 0 saturated carbocycles. The van der Waals surface area contributed by atoms with Gasteiger partial charge in [0.25, 0.3) is 11.7 Å². The van der Waals surface area contributed by atoms with Crippen LogP contribution in [0, 0.1) is 0 Å². The number of carbonyl (C=O) groups is 2. The molecule has 0 aliphatic heterocycles. The van der Waals surface area contributed by atoms with Crippen LogP contribution < -0.4 is 0 Å². The van der Waals surface area contributed by atoms with Crippen LogP contribution in [0.2, 0.25) is 10.0 Å². The number of benzene rings is 2. The highest BCUT2D eigenvalue weighted by Gasteiger charge is 2.24. The molecule has 2 aromatic carbocycles. The first kappa shape index (κ1) is 19.5. The Labute approximate surface area is 168 Å². The Balaban J connectivity index is 2.02. The van der Waals surface area contributed by atoms with Gasteiger partial charge in [-0.3, -0.25) is 9.59 Å². The molecule has 6 heteroatoms.